The molecular weight excluding hydrogens is 248 g/mol. The van der Waals surface area contributed by atoms with Crippen molar-refractivity contribution in [1.82, 2.24) is 0 Å². The number of hydrogen-bond acceptors (Lipinski definition) is 2. The summed E-state index contributed by atoms with van der Waals surface area (Å²) in [4.78, 5) is 22.7. The van der Waals surface area contributed by atoms with Crippen LogP contribution < -0.4 is 0 Å². The van der Waals surface area contributed by atoms with Crippen LogP contribution in [0.4, 0.5) is 0 Å². The highest BCUT2D eigenvalue weighted by atomic mass is 16.1. The molecule has 3 aromatic carbocycles. The lowest BCUT2D eigenvalue weighted by molar-refractivity contribution is 0.111. The molecule has 0 unspecified atom stereocenters. The van der Waals surface area contributed by atoms with E-state index in [0.717, 1.165) is 45.2 Å². The maximum atomic E-state index is 11.4. The Hall–Kier alpha value is -2.48. The topological polar surface area (TPSA) is 34.1 Å². The molecule has 3 aromatic rings. The van der Waals surface area contributed by atoms with E-state index in [1.807, 2.05) is 24.3 Å². The van der Waals surface area contributed by atoms with Gasteiger partial charge in [-0.3, -0.25) is 9.59 Å². The second kappa shape index (κ2) is 4.57. The number of benzene rings is 3. The van der Waals surface area contributed by atoms with Crippen molar-refractivity contribution in [2.45, 2.75) is 13.8 Å². The molecule has 3 rings (SSSR count). The van der Waals surface area contributed by atoms with Crippen molar-refractivity contribution < 1.29 is 9.59 Å². The average Bonchev–Trinajstić information content (AvgIpc) is 2.50. The van der Waals surface area contributed by atoms with Gasteiger partial charge in [-0.05, 0) is 35.7 Å². The molecule has 0 amide bonds. The number of carbonyl (C=O) groups excluding carboxylic acids is 2. The first-order valence-electron chi connectivity index (χ1n) is 6.54. The van der Waals surface area contributed by atoms with Gasteiger partial charge in [0.1, 0.15) is 0 Å². The van der Waals surface area contributed by atoms with Crippen molar-refractivity contribution >= 4 is 34.1 Å². The Labute approximate surface area is 117 Å². The number of aryl methyl sites for hydroxylation is 2. The van der Waals surface area contributed by atoms with Crippen LogP contribution in [0.5, 0.6) is 0 Å². The standard InChI is InChI=1S/C18H14O2/c1-11-12(2)16-8-4-6-14(10-20)18(16)17-13(9-19)5-3-7-15(11)17/h3-10H,1-2H3. The highest BCUT2D eigenvalue weighted by Crippen LogP contribution is 2.35. The molecule has 0 bridgehead atoms. The van der Waals surface area contributed by atoms with E-state index in [2.05, 4.69) is 13.8 Å². The molecule has 0 radical (unpaired) electrons. The lowest BCUT2D eigenvalue weighted by atomic mass is 9.89. The van der Waals surface area contributed by atoms with Crippen LogP contribution in [0, 0.1) is 13.8 Å². The summed E-state index contributed by atoms with van der Waals surface area (Å²) in [5, 5.41) is 3.83. The number of fused-ring (bicyclic) bond motifs is 3. The van der Waals surface area contributed by atoms with Gasteiger partial charge in [-0.2, -0.15) is 0 Å². The third-order valence-corrected chi connectivity index (χ3v) is 4.07. The minimum absolute atomic E-state index is 0.630. The molecule has 0 aliphatic heterocycles. The molecule has 0 saturated heterocycles. The first-order chi connectivity index (χ1) is 9.69. The van der Waals surface area contributed by atoms with Gasteiger partial charge in [-0.1, -0.05) is 36.4 Å². The van der Waals surface area contributed by atoms with Crippen LogP contribution in [-0.4, -0.2) is 12.6 Å². The largest absolute Gasteiger partial charge is 0.298 e. The summed E-state index contributed by atoms with van der Waals surface area (Å²) < 4.78 is 0. The summed E-state index contributed by atoms with van der Waals surface area (Å²) >= 11 is 0. The van der Waals surface area contributed by atoms with Crippen LogP contribution in [0.15, 0.2) is 36.4 Å². The Kier molecular flexibility index (Phi) is 2.87. The third-order valence-electron chi connectivity index (χ3n) is 4.07. The maximum Gasteiger partial charge on any atom is 0.150 e. The Balaban J connectivity index is 2.75. The first-order valence-corrected chi connectivity index (χ1v) is 6.54. The summed E-state index contributed by atoms with van der Waals surface area (Å²) in [6.07, 6.45) is 1.72. The van der Waals surface area contributed by atoms with E-state index >= 15 is 0 Å². The summed E-state index contributed by atoms with van der Waals surface area (Å²) in [5.74, 6) is 0. The van der Waals surface area contributed by atoms with Crippen molar-refractivity contribution in [2.75, 3.05) is 0 Å². The summed E-state index contributed by atoms with van der Waals surface area (Å²) in [6, 6.07) is 11.4. The molecule has 0 aliphatic carbocycles. The second-order valence-corrected chi connectivity index (χ2v) is 5.03. The Morgan fingerprint density at radius 3 is 1.45 bits per heavy atom. The lowest BCUT2D eigenvalue weighted by Crippen LogP contribution is -1.95. The fourth-order valence-corrected chi connectivity index (χ4v) is 2.92. The molecule has 0 fully saturated rings. The van der Waals surface area contributed by atoms with Crippen LogP contribution in [0.1, 0.15) is 31.8 Å². The summed E-state index contributed by atoms with van der Waals surface area (Å²) in [7, 11) is 0. The van der Waals surface area contributed by atoms with Crippen molar-refractivity contribution in [3.63, 3.8) is 0 Å². The monoisotopic (exact) mass is 262 g/mol. The van der Waals surface area contributed by atoms with Crippen LogP contribution in [-0.2, 0) is 0 Å². The van der Waals surface area contributed by atoms with Crippen molar-refractivity contribution in [2.24, 2.45) is 0 Å². The molecule has 2 nitrogen and oxygen atoms in total. The van der Waals surface area contributed by atoms with Gasteiger partial charge in [0.15, 0.2) is 12.6 Å². The minimum Gasteiger partial charge on any atom is -0.298 e. The quantitative estimate of drug-likeness (QED) is 0.511. The number of carbonyl (C=O) groups is 2. The van der Waals surface area contributed by atoms with Crippen LogP contribution in [0.25, 0.3) is 21.5 Å². The molecule has 0 N–H and O–H groups in total. The molecule has 0 aromatic heterocycles. The van der Waals surface area contributed by atoms with E-state index in [1.165, 1.54) is 0 Å². The molecule has 98 valence electrons. The van der Waals surface area contributed by atoms with Gasteiger partial charge < -0.3 is 0 Å². The van der Waals surface area contributed by atoms with E-state index in [1.54, 1.807) is 12.1 Å². The molecule has 2 heteroatoms. The number of rotatable bonds is 2. The average molecular weight is 262 g/mol. The fourth-order valence-electron chi connectivity index (χ4n) is 2.92. The molecule has 0 saturated carbocycles. The fraction of sp³-hybridized carbons (Fsp3) is 0.111. The molecule has 0 spiro atoms. The van der Waals surface area contributed by atoms with E-state index in [9.17, 15) is 9.59 Å². The molecular formula is C18H14O2. The highest BCUT2D eigenvalue weighted by Gasteiger charge is 2.13. The Morgan fingerprint density at radius 1 is 0.700 bits per heavy atom. The zero-order chi connectivity index (χ0) is 14.3. The summed E-state index contributed by atoms with van der Waals surface area (Å²) in [5.41, 5.74) is 3.56. The summed E-state index contributed by atoms with van der Waals surface area (Å²) in [6.45, 7) is 4.11. The van der Waals surface area contributed by atoms with E-state index in [4.69, 9.17) is 0 Å². The molecule has 0 heterocycles. The van der Waals surface area contributed by atoms with E-state index < -0.39 is 0 Å². The van der Waals surface area contributed by atoms with E-state index in [0.29, 0.717) is 11.1 Å². The van der Waals surface area contributed by atoms with Gasteiger partial charge in [0.2, 0.25) is 0 Å². The molecule has 0 aliphatic rings. The molecule has 0 atom stereocenters. The number of aldehydes is 2. The van der Waals surface area contributed by atoms with Crippen LogP contribution >= 0.6 is 0 Å². The first kappa shape index (κ1) is 12.5. The van der Waals surface area contributed by atoms with Crippen molar-refractivity contribution in [3.8, 4) is 0 Å². The van der Waals surface area contributed by atoms with Gasteiger partial charge in [0, 0.05) is 21.9 Å². The number of hydrogen-bond donors (Lipinski definition) is 0. The second-order valence-electron chi connectivity index (χ2n) is 5.03. The van der Waals surface area contributed by atoms with Crippen molar-refractivity contribution in [1.29, 1.82) is 0 Å². The smallest absolute Gasteiger partial charge is 0.150 e. The van der Waals surface area contributed by atoms with Crippen molar-refractivity contribution in [3.05, 3.63) is 58.7 Å². The third kappa shape index (κ3) is 1.58. The van der Waals surface area contributed by atoms with Crippen LogP contribution in [0.3, 0.4) is 0 Å². The van der Waals surface area contributed by atoms with Gasteiger partial charge >= 0.3 is 0 Å². The van der Waals surface area contributed by atoms with E-state index in [-0.39, 0.29) is 0 Å². The van der Waals surface area contributed by atoms with Gasteiger partial charge in [0.25, 0.3) is 0 Å². The van der Waals surface area contributed by atoms with Gasteiger partial charge in [-0.25, -0.2) is 0 Å². The maximum absolute atomic E-state index is 11.4. The Bertz CT molecular complexity index is 788. The predicted octanol–water partition coefficient (Wildman–Crippen LogP) is 4.23. The van der Waals surface area contributed by atoms with Crippen LogP contribution in [0.2, 0.25) is 0 Å². The molecule has 20 heavy (non-hydrogen) atoms. The predicted molar refractivity (Wildman–Crippen MR) is 81.7 cm³/mol. The minimum atomic E-state index is 0.630. The van der Waals surface area contributed by atoms with Gasteiger partial charge in [0.05, 0.1) is 0 Å². The zero-order valence-electron chi connectivity index (χ0n) is 11.4. The van der Waals surface area contributed by atoms with Gasteiger partial charge in [-0.15, -0.1) is 0 Å². The zero-order valence-corrected chi connectivity index (χ0v) is 11.4. The SMILES string of the molecule is Cc1c(C)c2cccc(C=O)c2c2c(C=O)cccc12. The highest BCUT2D eigenvalue weighted by molar-refractivity contribution is 6.20. The Morgan fingerprint density at radius 2 is 1.10 bits per heavy atom. The lowest BCUT2D eigenvalue weighted by Gasteiger charge is -2.14. The normalized spacial score (nSPS) is 10.9.